The van der Waals surface area contributed by atoms with Crippen molar-refractivity contribution in [3.05, 3.63) is 0 Å². The minimum atomic E-state index is -1.35. The van der Waals surface area contributed by atoms with Gasteiger partial charge in [-0.15, -0.1) is 11.8 Å². The number of aliphatic hydroxyl groups excluding tert-OH is 3. The van der Waals surface area contributed by atoms with Gasteiger partial charge in [0.1, 0.15) is 29.9 Å². The number of carbonyl (C=O) groups excluding carboxylic acids is 1. The minimum Gasteiger partial charge on any atom is -0.388 e. The number of likely N-dealkylation sites (N-methyl/N-ethyl adjacent to an activating group) is 1. The summed E-state index contributed by atoms with van der Waals surface area (Å²) in [5.74, 6) is -0.147. The van der Waals surface area contributed by atoms with Gasteiger partial charge in [-0.3, -0.25) is 9.69 Å². The zero-order chi connectivity index (χ0) is 18.7. The normalized spacial score (nSPS) is 39.2. The Morgan fingerprint density at radius 3 is 2.52 bits per heavy atom. The summed E-state index contributed by atoms with van der Waals surface area (Å²) in [4.78, 5) is 14.7. The third kappa shape index (κ3) is 4.47. The van der Waals surface area contributed by atoms with Gasteiger partial charge in [-0.1, -0.05) is 0 Å². The van der Waals surface area contributed by atoms with Gasteiger partial charge in [-0.25, -0.2) is 0 Å². The minimum absolute atomic E-state index is 0.147. The van der Waals surface area contributed by atoms with Gasteiger partial charge in [0.2, 0.25) is 5.91 Å². The average Bonchev–Trinajstić information content (AvgIpc) is 3.03. The second-order valence-electron chi connectivity index (χ2n) is 6.79. The third-order valence-corrected chi connectivity index (χ3v) is 6.06. The molecule has 146 valence electrons. The molecule has 2 heterocycles. The van der Waals surface area contributed by atoms with Crippen molar-refractivity contribution in [2.75, 3.05) is 27.0 Å². The first-order chi connectivity index (χ1) is 11.8. The number of rotatable bonds is 6. The molecule has 0 radical (unpaired) electrons. The molecule has 8 unspecified atom stereocenters. The molecule has 0 aromatic rings. The molecule has 9 heteroatoms. The molecule has 2 rings (SSSR count). The first-order valence-electron chi connectivity index (χ1n) is 8.57. The first-order valence-corrected chi connectivity index (χ1v) is 9.86. The molecule has 2 fully saturated rings. The lowest BCUT2D eigenvalue weighted by Crippen LogP contribution is -2.65. The summed E-state index contributed by atoms with van der Waals surface area (Å²) in [7, 11) is 3.42. The number of amides is 1. The Hall–Kier alpha value is -0.420. The highest BCUT2D eigenvalue weighted by Gasteiger charge is 2.48. The number of likely N-dealkylation sites (tertiary alicyclic amines) is 1. The number of nitrogens with one attached hydrogen (secondary N) is 1. The van der Waals surface area contributed by atoms with Crippen LogP contribution in [0, 0.1) is 0 Å². The van der Waals surface area contributed by atoms with Crippen LogP contribution in [-0.2, 0) is 14.3 Å². The average molecular weight is 378 g/mol. The lowest BCUT2D eigenvalue weighted by Gasteiger charge is -2.44. The Balaban J connectivity index is 2.16. The van der Waals surface area contributed by atoms with E-state index in [4.69, 9.17) is 9.47 Å². The molecule has 4 N–H and O–H groups in total. The van der Waals surface area contributed by atoms with Gasteiger partial charge in [0.05, 0.1) is 18.2 Å². The van der Waals surface area contributed by atoms with E-state index in [0.29, 0.717) is 0 Å². The number of nitrogens with zero attached hydrogens (tertiary/aromatic N) is 1. The third-order valence-electron chi connectivity index (χ3n) is 5.20. The second-order valence-corrected chi connectivity index (χ2v) is 7.73. The summed E-state index contributed by atoms with van der Waals surface area (Å²) < 4.78 is 11.2. The fourth-order valence-corrected chi connectivity index (χ4v) is 4.16. The molecule has 0 aromatic heterocycles. The van der Waals surface area contributed by atoms with E-state index in [9.17, 15) is 20.1 Å². The maximum Gasteiger partial charge on any atom is 0.237 e. The van der Waals surface area contributed by atoms with E-state index in [1.807, 2.05) is 11.9 Å². The summed E-state index contributed by atoms with van der Waals surface area (Å²) >= 11 is 1.24. The molecule has 25 heavy (non-hydrogen) atoms. The SMILES string of the molecule is COC(C)C(NC(=O)C1CCCN1C)C1OC(SC)C(O)C(O)C1O. The van der Waals surface area contributed by atoms with Crippen molar-refractivity contribution in [2.24, 2.45) is 0 Å². The number of carbonyl (C=O) groups is 1. The number of ether oxygens (including phenoxy) is 2. The molecule has 2 aliphatic heterocycles. The van der Waals surface area contributed by atoms with E-state index < -0.39 is 42.0 Å². The zero-order valence-corrected chi connectivity index (χ0v) is 16.0. The van der Waals surface area contributed by atoms with Crippen LogP contribution in [0.5, 0.6) is 0 Å². The number of thioether (sulfide) groups is 1. The Bertz CT molecular complexity index is 454. The zero-order valence-electron chi connectivity index (χ0n) is 15.2. The molecule has 2 aliphatic rings. The van der Waals surface area contributed by atoms with Crippen LogP contribution in [0.15, 0.2) is 0 Å². The summed E-state index contributed by atoms with van der Waals surface area (Å²) in [5, 5.41) is 33.5. The maximum absolute atomic E-state index is 12.7. The second kappa shape index (κ2) is 8.98. The molecule has 0 aliphatic carbocycles. The van der Waals surface area contributed by atoms with Crippen molar-refractivity contribution in [3.8, 4) is 0 Å². The highest BCUT2D eigenvalue weighted by Crippen LogP contribution is 2.30. The predicted octanol–water partition coefficient (Wildman–Crippen LogP) is -1.23. The number of aliphatic hydroxyl groups is 3. The highest BCUT2D eigenvalue weighted by molar-refractivity contribution is 7.99. The van der Waals surface area contributed by atoms with Gasteiger partial charge in [0.25, 0.3) is 0 Å². The number of hydrogen-bond acceptors (Lipinski definition) is 8. The van der Waals surface area contributed by atoms with Crippen LogP contribution >= 0.6 is 11.8 Å². The summed E-state index contributed by atoms with van der Waals surface area (Å²) in [5.41, 5.74) is -0.694. The smallest absolute Gasteiger partial charge is 0.237 e. The predicted molar refractivity (Wildman–Crippen MR) is 94.3 cm³/mol. The molecule has 1 amide bonds. The first kappa shape index (κ1) is 20.9. The topological polar surface area (TPSA) is 111 Å². The molecule has 8 atom stereocenters. The van der Waals surface area contributed by atoms with Gasteiger partial charge >= 0.3 is 0 Å². The van der Waals surface area contributed by atoms with Crippen LogP contribution in [0.4, 0.5) is 0 Å². The fourth-order valence-electron chi connectivity index (χ4n) is 3.48. The lowest BCUT2D eigenvalue weighted by molar-refractivity contribution is -0.212. The summed E-state index contributed by atoms with van der Waals surface area (Å²) in [6.07, 6.45) is -1.73. The highest BCUT2D eigenvalue weighted by atomic mass is 32.2. The van der Waals surface area contributed by atoms with Crippen molar-refractivity contribution in [3.63, 3.8) is 0 Å². The fraction of sp³-hybridized carbons (Fsp3) is 0.938. The summed E-state index contributed by atoms with van der Waals surface area (Å²) in [6, 6.07) is -0.877. The Kier molecular flexibility index (Phi) is 7.51. The standard InChI is InChI=1S/C16H30N2O6S/c1-8(23-3)10(17-15(22)9-6-5-7-18(9)2)14-12(20)11(19)13(21)16(24-14)25-4/h8-14,16,19-21H,5-7H2,1-4H3,(H,17,22). The van der Waals surface area contributed by atoms with E-state index >= 15 is 0 Å². The molecule has 8 nitrogen and oxygen atoms in total. The Labute approximate surface area is 152 Å². The van der Waals surface area contributed by atoms with E-state index in [0.717, 1.165) is 19.4 Å². The Morgan fingerprint density at radius 2 is 2.00 bits per heavy atom. The van der Waals surface area contributed by atoms with Gasteiger partial charge in [-0.05, 0) is 39.6 Å². The molecular formula is C16H30N2O6S. The van der Waals surface area contributed by atoms with Crippen molar-refractivity contribution >= 4 is 17.7 Å². The monoisotopic (exact) mass is 378 g/mol. The molecule has 0 saturated carbocycles. The largest absolute Gasteiger partial charge is 0.388 e. The van der Waals surface area contributed by atoms with Gasteiger partial charge < -0.3 is 30.1 Å². The molecule has 2 saturated heterocycles. The van der Waals surface area contributed by atoms with Gasteiger partial charge in [0.15, 0.2) is 0 Å². The van der Waals surface area contributed by atoms with Gasteiger partial charge in [0, 0.05) is 7.11 Å². The quantitative estimate of drug-likeness (QED) is 0.455. The number of hydrogen-bond donors (Lipinski definition) is 4. The van der Waals surface area contributed by atoms with E-state index in [1.54, 1.807) is 13.2 Å². The van der Waals surface area contributed by atoms with Crippen molar-refractivity contribution in [2.45, 2.75) is 67.8 Å². The molecule has 0 spiro atoms. The van der Waals surface area contributed by atoms with Crippen LogP contribution in [0.1, 0.15) is 19.8 Å². The van der Waals surface area contributed by atoms with Crippen LogP contribution in [-0.4, -0.2) is 101 Å². The van der Waals surface area contributed by atoms with Crippen LogP contribution in [0.3, 0.4) is 0 Å². The van der Waals surface area contributed by atoms with Crippen molar-refractivity contribution in [1.29, 1.82) is 0 Å². The number of methoxy groups -OCH3 is 1. The van der Waals surface area contributed by atoms with Crippen LogP contribution in [0.2, 0.25) is 0 Å². The molecular weight excluding hydrogens is 348 g/mol. The summed E-state index contributed by atoms with van der Waals surface area (Å²) in [6.45, 7) is 2.63. The lowest BCUT2D eigenvalue weighted by atomic mass is 9.92. The van der Waals surface area contributed by atoms with Crippen molar-refractivity contribution < 1.29 is 29.6 Å². The van der Waals surface area contributed by atoms with Crippen molar-refractivity contribution in [1.82, 2.24) is 10.2 Å². The van der Waals surface area contributed by atoms with E-state index in [-0.39, 0.29) is 11.9 Å². The maximum atomic E-state index is 12.7. The molecule has 0 bridgehead atoms. The van der Waals surface area contributed by atoms with Crippen LogP contribution < -0.4 is 5.32 Å². The van der Waals surface area contributed by atoms with Crippen LogP contribution in [0.25, 0.3) is 0 Å². The van der Waals surface area contributed by atoms with E-state index in [2.05, 4.69) is 5.32 Å². The molecule has 0 aromatic carbocycles. The van der Waals surface area contributed by atoms with Gasteiger partial charge in [-0.2, -0.15) is 0 Å². The Morgan fingerprint density at radius 1 is 1.32 bits per heavy atom. The van der Waals surface area contributed by atoms with E-state index in [1.165, 1.54) is 18.9 Å².